The zero-order valence-electron chi connectivity index (χ0n) is 17.9. The number of benzene rings is 2. The molecule has 1 fully saturated rings. The SMILES string of the molecule is CC/C=C/C1(O)CCN(C(=O)c2ccc(CS(=O)(=O)c3cccc4scnc34)cc2)CC1. The lowest BCUT2D eigenvalue weighted by Gasteiger charge is -2.36. The highest BCUT2D eigenvalue weighted by atomic mass is 32.2. The second kappa shape index (κ2) is 9.13. The van der Waals surface area contributed by atoms with Gasteiger partial charge in [0.15, 0.2) is 9.84 Å². The summed E-state index contributed by atoms with van der Waals surface area (Å²) in [4.78, 5) is 19.0. The van der Waals surface area contributed by atoms with Crippen molar-refractivity contribution in [3.05, 3.63) is 71.3 Å². The van der Waals surface area contributed by atoms with E-state index in [4.69, 9.17) is 0 Å². The van der Waals surface area contributed by atoms with Gasteiger partial charge < -0.3 is 10.0 Å². The number of aliphatic hydroxyl groups is 1. The Kier molecular flexibility index (Phi) is 6.46. The first-order chi connectivity index (χ1) is 15.3. The molecular formula is C24H26N2O4S2. The fraction of sp³-hybridized carbons (Fsp3) is 0.333. The van der Waals surface area contributed by atoms with Gasteiger partial charge in [0.25, 0.3) is 5.91 Å². The van der Waals surface area contributed by atoms with Crippen LogP contribution in [0.2, 0.25) is 0 Å². The smallest absolute Gasteiger partial charge is 0.253 e. The number of sulfone groups is 1. The number of likely N-dealkylation sites (tertiary alicyclic amines) is 1. The number of piperidine rings is 1. The van der Waals surface area contributed by atoms with E-state index in [1.165, 1.54) is 11.3 Å². The van der Waals surface area contributed by atoms with Crippen LogP contribution in [-0.2, 0) is 15.6 Å². The van der Waals surface area contributed by atoms with Crippen molar-refractivity contribution in [1.29, 1.82) is 0 Å². The largest absolute Gasteiger partial charge is 0.386 e. The number of allylic oxidation sites excluding steroid dienone is 1. The number of para-hydroxylation sites is 1. The maximum Gasteiger partial charge on any atom is 0.253 e. The van der Waals surface area contributed by atoms with Gasteiger partial charge in [0.2, 0.25) is 0 Å². The first-order valence-electron chi connectivity index (χ1n) is 10.6. The minimum absolute atomic E-state index is 0.104. The third-order valence-electron chi connectivity index (χ3n) is 5.80. The molecule has 2 aromatic carbocycles. The average molecular weight is 471 g/mol. The molecule has 0 spiro atoms. The summed E-state index contributed by atoms with van der Waals surface area (Å²) in [5.41, 5.74) is 2.44. The quantitative estimate of drug-likeness (QED) is 0.546. The van der Waals surface area contributed by atoms with Crippen molar-refractivity contribution >= 4 is 37.3 Å². The molecule has 0 atom stereocenters. The number of hydrogen-bond acceptors (Lipinski definition) is 6. The monoisotopic (exact) mass is 470 g/mol. The van der Waals surface area contributed by atoms with Crippen LogP contribution in [0.1, 0.15) is 42.1 Å². The zero-order valence-corrected chi connectivity index (χ0v) is 19.5. The molecule has 0 radical (unpaired) electrons. The Morgan fingerprint density at radius 3 is 2.59 bits per heavy atom. The Hall–Kier alpha value is -2.55. The van der Waals surface area contributed by atoms with Gasteiger partial charge in [0, 0.05) is 18.7 Å². The van der Waals surface area contributed by atoms with Gasteiger partial charge in [-0.25, -0.2) is 13.4 Å². The van der Waals surface area contributed by atoms with Gasteiger partial charge in [-0.3, -0.25) is 4.79 Å². The van der Waals surface area contributed by atoms with Crippen molar-refractivity contribution in [3.8, 4) is 0 Å². The van der Waals surface area contributed by atoms with E-state index >= 15 is 0 Å². The van der Waals surface area contributed by atoms with Crippen LogP contribution in [0, 0.1) is 0 Å². The predicted octanol–water partition coefficient (Wildman–Crippen LogP) is 4.20. The van der Waals surface area contributed by atoms with Crippen molar-refractivity contribution in [2.45, 2.75) is 42.4 Å². The summed E-state index contributed by atoms with van der Waals surface area (Å²) in [6.45, 7) is 2.99. The molecule has 2 heterocycles. The molecule has 1 aliphatic rings. The van der Waals surface area contributed by atoms with Gasteiger partial charge in [-0.2, -0.15) is 0 Å². The Labute approximate surface area is 192 Å². The van der Waals surface area contributed by atoms with Gasteiger partial charge in [-0.05, 0) is 49.1 Å². The number of carbonyl (C=O) groups is 1. The van der Waals surface area contributed by atoms with Gasteiger partial charge in [0.05, 0.1) is 32.0 Å². The fourth-order valence-electron chi connectivity index (χ4n) is 3.94. The molecule has 1 aliphatic heterocycles. The van der Waals surface area contributed by atoms with Crippen molar-refractivity contribution in [3.63, 3.8) is 0 Å². The summed E-state index contributed by atoms with van der Waals surface area (Å²) < 4.78 is 26.8. The number of thiazole rings is 1. The molecule has 1 saturated heterocycles. The van der Waals surface area contributed by atoms with Gasteiger partial charge >= 0.3 is 0 Å². The number of rotatable bonds is 6. The number of fused-ring (bicyclic) bond motifs is 1. The molecule has 3 aromatic rings. The van der Waals surface area contributed by atoms with Crippen LogP contribution < -0.4 is 0 Å². The highest BCUT2D eigenvalue weighted by Crippen LogP contribution is 2.28. The zero-order chi connectivity index (χ0) is 22.8. The lowest BCUT2D eigenvalue weighted by molar-refractivity contribution is 0.0186. The van der Waals surface area contributed by atoms with E-state index in [0.29, 0.717) is 42.6 Å². The fourth-order valence-corrected chi connectivity index (χ4v) is 6.23. The second-order valence-corrected chi connectivity index (χ2v) is 11.0. The molecule has 6 nitrogen and oxygen atoms in total. The van der Waals surface area contributed by atoms with Gasteiger partial charge in [0.1, 0.15) is 0 Å². The minimum Gasteiger partial charge on any atom is -0.386 e. The molecular weight excluding hydrogens is 444 g/mol. The minimum atomic E-state index is -3.57. The standard InChI is InChI=1S/C24H26N2O4S2/c1-2-3-11-24(28)12-14-26(15-13-24)23(27)19-9-7-18(8-10-19)16-32(29,30)21-6-4-5-20-22(21)25-17-31-20/h3-11,17,28H,2,12-16H2,1H3/b11-3+. The van der Waals surface area contributed by atoms with E-state index in [0.717, 1.165) is 11.1 Å². The predicted molar refractivity (Wildman–Crippen MR) is 126 cm³/mol. The molecule has 0 unspecified atom stereocenters. The average Bonchev–Trinajstić information content (AvgIpc) is 3.27. The van der Waals surface area contributed by atoms with Crippen LogP contribution in [0.25, 0.3) is 10.2 Å². The maximum atomic E-state index is 13.0. The van der Waals surface area contributed by atoms with E-state index in [1.54, 1.807) is 46.8 Å². The van der Waals surface area contributed by atoms with Crippen LogP contribution in [0.3, 0.4) is 0 Å². The topological polar surface area (TPSA) is 87.6 Å². The molecule has 4 rings (SSSR count). The first kappa shape index (κ1) is 22.6. The number of hydrogen-bond donors (Lipinski definition) is 1. The van der Waals surface area contributed by atoms with Crippen molar-refractivity contribution in [2.24, 2.45) is 0 Å². The third kappa shape index (κ3) is 4.77. The highest BCUT2D eigenvalue weighted by molar-refractivity contribution is 7.90. The molecule has 0 bridgehead atoms. The van der Waals surface area contributed by atoms with Gasteiger partial charge in [-0.15, -0.1) is 11.3 Å². The Morgan fingerprint density at radius 1 is 1.19 bits per heavy atom. The van der Waals surface area contributed by atoms with E-state index in [9.17, 15) is 18.3 Å². The van der Waals surface area contributed by atoms with Crippen LogP contribution in [0.5, 0.6) is 0 Å². The Balaban J connectivity index is 1.44. The van der Waals surface area contributed by atoms with Crippen LogP contribution in [0.15, 0.2) is 65.0 Å². The Bertz CT molecular complexity index is 1240. The summed E-state index contributed by atoms with van der Waals surface area (Å²) in [6.07, 6.45) is 5.68. The van der Waals surface area contributed by atoms with Crippen LogP contribution in [-0.4, -0.2) is 48.0 Å². The summed E-state index contributed by atoms with van der Waals surface area (Å²) >= 11 is 1.41. The van der Waals surface area contributed by atoms with E-state index < -0.39 is 15.4 Å². The summed E-state index contributed by atoms with van der Waals surface area (Å²) in [6, 6.07) is 11.9. The lowest BCUT2D eigenvalue weighted by Crippen LogP contribution is -2.45. The van der Waals surface area contributed by atoms with Crippen LogP contribution >= 0.6 is 11.3 Å². The molecule has 8 heteroatoms. The number of amides is 1. The Morgan fingerprint density at radius 2 is 1.91 bits per heavy atom. The molecule has 168 valence electrons. The first-order valence-corrected chi connectivity index (χ1v) is 13.2. The summed E-state index contributed by atoms with van der Waals surface area (Å²) in [5, 5.41) is 10.6. The highest BCUT2D eigenvalue weighted by Gasteiger charge is 2.32. The molecule has 1 aromatic heterocycles. The molecule has 1 amide bonds. The normalized spacial score (nSPS) is 16.6. The molecule has 0 saturated carbocycles. The van der Waals surface area contributed by atoms with Gasteiger partial charge in [-0.1, -0.05) is 37.3 Å². The van der Waals surface area contributed by atoms with E-state index in [-0.39, 0.29) is 16.6 Å². The maximum absolute atomic E-state index is 13.0. The van der Waals surface area contributed by atoms with E-state index in [2.05, 4.69) is 4.98 Å². The van der Waals surface area contributed by atoms with Crippen molar-refractivity contribution in [1.82, 2.24) is 9.88 Å². The summed E-state index contributed by atoms with van der Waals surface area (Å²) in [7, 11) is -3.57. The lowest BCUT2D eigenvalue weighted by atomic mass is 9.90. The molecule has 0 aliphatic carbocycles. The number of aromatic nitrogens is 1. The third-order valence-corrected chi connectivity index (χ3v) is 8.30. The molecule has 32 heavy (non-hydrogen) atoms. The van der Waals surface area contributed by atoms with Crippen molar-refractivity contribution < 1.29 is 18.3 Å². The second-order valence-electron chi connectivity index (χ2n) is 8.12. The number of nitrogens with zero attached hydrogens (tertiary/aromatic N) is 2. The number of carbonyl (C=O) groups excluding carboxylic acids is 1. The van der Waals surface area contributed by atoms with E-state index in [1.807, 2.05) is 25.1 Å². The van der Waals surface area contributed by atoms with Crippen molar-refractivity contribution in [2.75, 3.05) is 13.1 Å². The molecule has 1 N–H and O–H groups in total. The summed E-state index contributed by atoms with van der Waals surface area (Å²) in [5.74, 6) is -0.258. The van der Waals surface area contributed by atoms with Crippen LogP contribution in [0.4, 0.5) is 0 Å².